The molecule has 0 spiro atoms. The second-order valence-electron chi connectivity index (χ2n) is 0.398. The fourth-order valence-electron chi connectivity index (χ4n) is 0. The Kier molecular flexibility index (Phi) is 16.7. The van der Waals surface area contributed by atoms with Crippen LogP contribution in [-0.4, -0.2) is 29.7 Å². The molecule has 0 heterocycles. The molecule has 0 fully saturated rings. The van der Waals surface area contributed by atoms with E-state index in [9.17, 15) is 0 Å². The van der Waals surface area contributed by atoms with Crippen molar-refractivity contribution in [3.8, 4) is 0 Å². The lowest BCUT2D eigenvalue weighted by Gasteiger charge is -1.70. The van der Waals surface area contributed by atoms with Crippen molar-refractivity contribution >= 4 is 34.9 Å². The standard InChI is InChI=1S/C2H5ClO.Mg/c1-2-4-3;/h2H2,1H3;. The molecule has 3 heteroatoms. The third-order valence-corrected chi connectivity index (χ3v) is 0.327. The molecule has 0 aliphatic carbocycles. The molecule has 0 aromatic rings. The van der Waals surface area contributed by atoms with Gasteiger partial charge in [0.1, 0.15) is 0 Å². The molecule has 0 saturated carbocycles. The summed E-state index contributed by atoms with van der Waals surface area (Å²) < 4.78 is 4.01. The SMILES string of the molecule is CCOCl.[Mg]. The van der Waals surface area contributed by atoms with E-state index in [4.69, 9.17) is 0 Å². The van der Waals surface area contributed by atoms with E-state index < -0.39 is 0 Å². The van der Waals surface area contributed by atoms with Crippen molar-refractivity contribution in [1.29, 1.82) is 0 Å². The Morgan fingerprint density at radius 2 is 2.00 bits per heavy atom. The van der Waals surface area contributed by atoms with E-state index in [1.54, 1.807) is 0 Å². The van der Waals surface area contributed by atoms with E-state index in [0.29, 0.717) is 6.61 Å². The van der Waals surface area contributed by atoms with Crippen molar-refractivity contribution in [2.45, 2.75) is 6.92 Å². The van der Waals surface area contributed by atoms with Crippen LogP contribution in [0, 0.1) is 0 Å². The molecule has 0 aromatic carbocycles. The third-order valence-electron chi connectivity index (χ3n) is 0.109. The predicted molar refractivity (Wildman–Crippen MR) is 23.2 cm³/mol. The van der Waals surface area contributed by atoms with Gasteiger partial charge in [-0.05, 0) is 6.92 Å². The van der Waals surface area contributed by atoms with E-state index in [1.807, 2.05) is 6.92 Å². The summed E-state index contributed by atoms with van der Waals surface area (Å²) in [6, 6.07) is 0. The van der Waals surface area contributed by atoms with Crippen molar-refractivity contribution in [3.63, 3.8) is 0 Å². The van der Waals surface area contributed by atoms with Crippen LogP contribution in [0.3, 0.4) is 0 Å². The highest BCUT2D eigenvalue weighted by atomic mass is 35.5. The van der Waals surface area contributed by atoms with Gasteiger partial charge >= 0.3 is 0 Å². The number of halogens is 1. The minimum atomic E-state index is 0. The summed E-state index contributed by atoms with van der Waals surface area (Å²) in [5.41, 5.74) is 0. The Morgan fingerprint density at radius 3 is 2.00 bits per heavy atom. The van der Waals surface area contributed by atoms with E-state index in [0.717, 1.165) is 0 Å². The summed E-state index contributed by atoms with van der Waals surface area (Å²) in [5, 5.41) is 0. The Morgan fingerprint density at radius 1 is 1.80 bits per heavy atom. The normalized spacial score (nSPS) is 6.00. The van der Waals surface area contributed by atoms with E-state index in [2.05, 4.69) is 16.2 Å². The molecule has 0 aliphatic heterocycles. The molecule has 1 nitrogen and oxygen atoms in total. The maximum atomic E-state index is 4.69. The molecule has 2 radical (unpaired) electrons. The zero-order valence-electron chi connectivity index (χ0n) is 3.20. The van der Waals surface area contributed by atoms with Crippen LogP contribution >= 0.6 is 11.9 Å². The lowest BCUT2D eigenvalue weighted by Crippen LogP contribution is -1.64. The Bertz CT molecular complexity index is 11.6. The lowest BCUT2D eigenvalue weighted by molar-refractivity contribution is 0.378. The summed E-state index contributed by atoms with van der Waals surface area (Å²) in [4.78, 5) is 0. The van der Waals surface area contributed by atoms with Crippen molar-refractivity contribution in [2.75, 3.05) is 6.61 Å². The first kappa shape index (κ1) is 9.39. The van der Waals surface area contributed by atoms with Crippen molar-refractivity contribution in [2.24, 2.45) is 0 Å². The van der Waals surface area contributed by atoms with Crippen LogP contribution in [0.5, 0.6) is 0 Å². The van der Waals surface area contributed by atoms with Crippen molar-refractivity contribution < 1.29 is 4.29 Å². The molecule has 0 N–H and O–H groups in total. The van der Waals surface area contributed by atoms with Gasteiger partial charge in [-0.3, -0.25) is 4.29 Å². The quantitative estimate of drug-likeness (QED) is 0.448. The van der Waals surface area contributed by atoms with Crippen LogP contribution in [0.15, 0.2) is 0 Å². The molecule has 0 saturated heterocycles. The van der Waals surface area contributed by atoms with Gasteiger partial charge in [-0.25, -0.2) is 0 Å². The highest BCUT2D eigenvalue weighted by molar-refractivity contribution is 6.07. The molecule has 0 bridgehead atoms. The van der Waals surface area contributed by atoms with Gasteiger partial charge in [-0.15, -0.1) is 0 Å². The van der Waals surface area contributed by atoms with Gasteiger partial charge in [0.25, 0.3) is 0 Å². The van der Waals surface area contributed by atoms with E-state index in [-0.39, 0.29) is 23.1 Å². The predicted octanol–water partition coefficient (Wildman–Crippen LogP) is 0.796. The Balaban J connectivity index is 0. The fourth-order valence-corrected chi connectivity index (χ4v) is 0. The van der Waals surface area contributed by atoms with Gasteiger partial charge in [-0.1, -0.05) is 0 Å². The van der Waals surface area contributed by atoms with Gasteiger partial charge in [0.05, 0.1) is 18.5 Å². The van der Waals surface area contributed by atoms with Gasteiger partial charge in [0, 0.05) is 23.1 Å². The van der Waals surface area contributed by atoms with Gasteiger partial charge < -0.3 is 0 Å². The first-order chi connectivity index (χ1) is 1.91. The van der Waals surface area contributed by atoms with E-state index >= 15 is 0 Å². The molecular formula is C2H5ClMgO. The van der Waals surface area contributed by atoms with Crippen LogP contribution < -0.4 is 0 Å². The van der Waals surface area contributed by atoms with Crippen molar-refractivity contribution in [3.05, 3.63) is 0 Å². The van der Waals surface area contributed by atoms with Gasteiger partial charge in [-0.2, -0.15) is 0 Å². The largest absolute Gasteiger partial charge is 0.280 e. The second-order valence-corrected chi connectivity index (χ2v) is 0.616. The van der Waals surface area contributed by atoms with Crippen LogP contribution in [0.1, 0.15) is 6.92 Å². The lowest BCUT2D eigenvalue weighted by atomic mass is 10.9. The molecule has 0 atom stereocenters. The topological polar surface area (TPSA) is 9.23 Å². The van der Waals surface area contributed by atoms with Crippen LogP contribution in [0.4, 0.5) is 0 Å². The summed E-state index contributed by atoms with van der Waals surface area (Å²) in [6.07, 6.45) is 0. The van der Waals surface area contributed by atoms with Gasteiger partial charge in [0.15, 0.2) is 0 Å². The highest BCUT2D eigenvalue weighted by Crippen LogP contribution is 1.71. The van der Waals surface area contributed by atoms with Crippen LogP contribution in [0.25, 0.3) is 0 Å². The number of hydrogen-bond donors (Lipinski definition) is 0. The van der Waals surface area contributed by atoms with E-state index in [1.165, 1.54) is 0 Å². The maximum absolute atomic E-state index is 4.69. The maximum Gasteiger partial charge on any atom is 0.0654 e. The minimum absolute atomic E-state index is 0. The first-order valence-electron chi connectivity index (χ1n) is 1.15. The molecule has 0 rings (SSSR count). The summed E-state index contributed by atoms with van der Waals surface area (Å²) >= 11 is 4.69. The summed E-state index contributed by atoms with van der Waals surface area (Å²) in [5.74, 6) is 0. The number of rotatable bonds is 1. The molecule has 28 valence electrons. The molecule has 0 aromatic heterocycles. The molecule has 0 amide bonds. The average molecular weight is 105 g/mol. The smallest absolute Gasteiger partial charge is 0.0654 e. The monoisotopic (exact) mass is 104 g/mol. The van der Waals surface area contributed by atoms with Crippen molar-refractivity contribution in [1.82, 2.24) is 0 Å². The summed E-state index contributed by atoms with van der Waals surface area (Å²) in [7, 11) is 0. The highest BCUT2D eigenvalue weighted by Gasteiger charge is 1.55. The molecular weight excluding hydrogens is 99.8 g/mol. The zero-order chi connectivity index (χ0) is 3.41. The second kappa shape index (κ2) is 8.89. The first-order valence-corrected chi connectivity index (χ1v) is 1.46. The van der Waals surface area contributed by atoms with Crippen LogP contribution in [0.2, 0.25) is 0 Å². The molecule has 0 unspecified atom stereocenters. The summed E-state index contributed by atoms with van der Waals surface area (Å²) in [6.45, 7) is 2.41. The van der Waals surface area contributed by atoms with Gasteiger partial charge in [0.2, 0.25) is 0 Å². The zero-order valence-corrected chi connectivity index (χ0v) is 5.37. The minimum Gasteiger partial charge on any atom is -0.280 e. The number of hydrogen-bond acceptors (Lipinski definition) is 1. The third kappa shape index (κ3) is 11.2. The van der Waals surface area contributed by atoms with Crippen LogP contribution in [-0.2, 0) is 4.29 Å². The average Bonchev–Trinajstić information content (AvgIpc) is 1.37. The fraction of sp³-hybridized carbons (Fsp3) is 1.00. The Hall–Kier alpha value is 1.02. The molecule has 5 heavy (non-hydrogen) atoms. The Labute approximate surface area is 53.0 Å². The molecule has 0 aliphatic rings.